The highest BCUT2D eigenvalue weighted by molar-refractivity contribution is 7.99. The Hall–Kier alpha value is -6.71. The fourth-order valence-corrected chi connectivity index (χ4v) is 10.0. The molecule has 0 saturated carbocycles. The molecule has 10 amide bonds. The number of rotatable bonds is 15. The highest BCUT2D eigenvalue weighted by Gasteiger charge is 2.45. The molecule has 3 aliphatic rings. The molecule has 10 atom stereocenters. The number of aromatic amines is 1. The molecule has 14 N–H and O–H groups in total. The minimum atomic E-state index is -1.76. The Balaban J connectivity index is 1.59. The first-order valence-electron chi connectivity index (χ1n) is 25.9. The molecule has 1 aromatic heterocycles. The van der Waals surface area contributed by atoms with Crippen molar-refractivity contribution >= 4 is 81.9 Å². The maximum absolute atomic E-state index is 14.7. The average Bonchev–Trinajstić information content (AvgIpc) is 3.93. The van der Waals surface area contributed by atoms with Crippen LogP contribution in [0.2, 0.25) is 0 Å². The maximum Gasteiger partial charge on any atom is 0.407 e. The lowest BCUT2D eigenvalue weighted by Gasteiger charge is -2.32. The number of aliphatic hydroxyl groups excluding tert-OH is 3. The van der Waals surface area contributed by atoms with E-state index in [1.54, 1.807) is 52.8 Å². The van der Waals surface area contributed by atoms with E-state index in [9.17, 15) is 63.3 Å². The second-order valence-electron chi connectivity index (χ2n) is 20.6. The second kappa shape index (κ2) is 28.1. The summed E-state index contributed by atoms with van der Waals surface area (Å²) in [7, 11) is 0. The number of fused-ring (bicyclic) bond motifs is 5. The molecule has 2 bridgehead atoms. The highest BCUT2D eigenvalue weighted by Crippen LogP contribution is 2.34. The van der Waals surface area contributed by atoms with Crippen LogP contribution in [0.15, 0.2) is 23.2 Å². The highest BCUT2D eigenvalue weighted by atomic mass is 32.2. The predicted octanol–water partition coefficient (Wildman–Crippen LogP) is -2.18. The number of unbranched alkanes of at least 4 members (excludes halogenated alkanes) is 3. The fraction of sp³-hybridized carbons (Fsp3) is 0.640. The lowest BCUT2D eigenvalue weighted by atomic mass is 9.93. The molecule has 1 fully saturated rings. The average molecular weight is 1100 g/mol. The van der Waals surface area contributed by atoms with E-state index in [1.807, 2.05) is 0 Å². The van der Waals surface area contributed by atoms with E-state index < -0.39 is 158 Å². The van der Waals surface area contributed by atoms with E-state index in [1.165, 1.54) is 6.92 Å². The van der Waals surface area contributed by atoms with Gasteiger partial charge in [0.2, 0.25) is 53.2 Å². The van der Waals surface area contributed by atoms with Crippen LogP contribution in [0, 0.1) is 11.8 Å². The van der Waals surface area contributed by atoms with Crippen molar-refractivity contribution in [3.8, 4) is 5.75 Å². The van der Waals surface area contributed by atoms with Gasteiger partial charge in [-0.15, -0.1) is 11.8 Å². The normalized spacial score (nSPS) is 24.8. The van der Waals surface area contributed by atoms with Crippen molar-refractivity contribution in [3.05, 3.63) is 23.8 Å². The summed E-state index contributed by atoms with van der Waals surface area (Å²) in [6, 6.07) is -4.24. The number of hydrogen-bond acceptors (Lipinski definition) is 16. The lowest BCUT2D eigenvalue weighted by molar-refractivity contribution is -0.144. The Morgan fingerprint density at radius 1 is 0.857 bits per heavy atom. The van der Waals surface area contributed by atoms with Crippen LogP contribution in [0.25, 0.3) is 10.9 Å². The number of primary amides is 1. The number of carbonyl (C=O) groups excluding carboxylic acids is 10. The molecule has 0 spiro atoms. The Bertz CT molecular complexity index is 2490. The summed E-state index contributed by atoms with van der Waals surface area (Å²) in [5.74, 6) is -10.1. The molecule has 26 nitrogen and oxygen atoms in total. The number of amides is 10. The van der Waals surface area contributed by atoms with Crippen LogP contribution in [0.5, 0.6) is 5.75 Å². The van der Waals surface area contributed by atoms with Crippen molar-refractivity contribution in [2.75, 3.05) is 45.1 Å². The van der Waals surface area contributed by atoms with Crippen LogP contribution in [0.3, 0.4) is 0 Å². The number of hydrogen-bond donors (Lipinski definition) is 13. The topological polar surface area (TPSA) is 391 Å². The Morgan fingerprint density at radius 3 is 2.22 bits per heavy atom. The molecule has 3 aliphatic heterocycles. The fourth-order valence-electron chi connectivity index (χ4n) is 8.92. The SMILES string of the molecule is CC[C@H](C)[C@@H]1NC(=O)CNC(=O)[C@H]2Cc3c([nH]c4cc(OCCCCCCNC(=O)OC(C)(C)C)ccc34)SC[C@H](NC(=O)CNC1=O)C(=O)N[C@@H](CC(N)=O)C(=O)N1C[C@H](O)C[C@H]1C(=O)N[C@@H]([C@@H](C)[C@@H](O)CO)C(=O)N2. The van der Waals surface area contributed by atoms with Crippen LogP contribution in [0.1, 0.15) is 92.1 Å². The Morgan fingerprint density at radius 2 is 1.55 bits per heavy atom. The smallest absolute Gasteiger partial charge is 0.407 e. The van der Waals surface area contributed by atoms with Gasteiger partial charge in [0.05, 0.1) is 55.5 Å². The molecule has 27 heteroatoms. The number of thioether (sulfide) groups is 1. The molecule has 426 valence electrons. The number of benzene rings is 1. The van der Waals surface area contributed by atoms with E-state index in [0.717, 1.165) is 35.9 Å². The van der Waals surface area contributed by atoms with Gasteiger partial charge < -0.3 is 82.9 Å². The number of aromatic nitrogens is 1. The molecule has 1 aromatic carbocycles. The predicted molar refractivity (Wildman–Crippen MR) is 278 cm³/mol. The van der Waals surface area contributed by atoms with Crippen LogP contribution < -0.4 is 53.0 Å². The van der Waals surface area contributed by atoms with Crippen molar-refractivity contribution in [3.63, 3.8) is 0 Å². The number of alkyl carbamates (subject to hydrolysis) is 1. The molecule has 5 rings (SSSR count). The van der Waals surface area contributed by atoms with Gasteiger partial charge in [0.25, 0.3) is 0 Å². The first-order valence-corrected chi connectivity index (χ1v) is 26.9. The standard InChI is InChI=1S/C50H75N11O15S/c1-7-25(2)40-45(71)54-20-38(66)55-34-24-77-47-30(29-13-12-28(17-31(29)58-47)75-15-11-9-8-10-14-52-49(74)76-50(4,5)6)18-32(42(68)53-21-39(67)59-40)56-46(72)41(26(3)36(64)23-62)60-44(70)35-16-27(63)22-61(35)48(73)33(19-37(51)65)57-43(34)69/h12-13,17,25-27,32-36,40-41,58,62-64H,7-11,14-16,18-24H2,1-6H3,(H2,51,65)(H,52,74)(H,53,68)(H,54,71)(H,55,66)(H,56,72)(H,57,69)(H,59,67)(H,60,70)/t25-,26-,27+,32+,33-,34-,35-,36-,40-,41-/m0/s1. The third-order valence-electron chi connectivity index (χ3n) is 13.4. The summed E-state index contributed by atoms with van der Waals surface area (Å²) in [6.45, 7) is 8.21. The van der Waals surface area contributed by atoms with Gasteiger partial charge in [-0.25, -0.2) is 4.79 Å². The molecule has 77 heavy (non-hydrogen) atoms. The zero-order valence-electron chi connectivity index (χ0n) is 44.3. The van der Waals surface area contributed by atoms with Gasteiger partial charge in [0, 0.05) is 49.1 Å². The molecular weight excluding hydrogens is 1030 g/mol. The van der Waals surface area contributed by atoms with Crippen LogP contribution in [0.4, 0.5) is 4.79 Å². The summed E-state index contributed by atoms with van der Waals surface area (Å²) >= 11 is 0.991. The van der Waals surface area contributed by atoms with Crippen LogP contribution >= 0.6 is 11.8 Å². The lowest BCUT2D eigenvalue weighted by Crippen LogP contribution is -2.62. The number of H-pyrrole nitrogens is 1. The first-order chi connectivity index (χ1) is 36.4. The van der Waals surface area contributed by atoms with E-state index in [0.29, 0.717) is 53.2 Å². The monoisotopic (exact) mass is 1100 g/mol. The summed E-state index contributed by atoms with van der Waals surface area (Å²) in [6.07, 6.45) is -1.53. The molecule has 4 heterocycles. The van der Waals surface area contributed by atoms with Crippen molar-refractivity contribution in [1.82, 2.24) is 52.4 Å². The number of nitrogens with two attached hydrogens (primary N) is 1. The minimum Gasteiger partial charge on any atom is -0.494 e. The summed E-state index contributed by atoms with van der Waals surface area (Å²) in [5, 5.41) is 53.1. The van der Waals surface area contributed by atoms with Crippen LogP contribution in [-0.2, 0) is 54.3 Å². The van der Waals surface area contributed by atoms with Gasteiger partial charge in [-0.2, -0.15) is 0 Å². The first kappa shape index (κ1) is 61.1. The van der Waals surface area contributed by atoms with E-state index >= 15 is 0 Å². The molecule has 0 aliphatic carbocycles. The number of aliphatic hydroxyl groups is 3. The van der Waals surface area contributed by atoms with Gasteiger partial charge in [0.1, 0.15) is 47.6 Å². The molecule has 0 unspecified atom stereocenters. The maximum atomic E-state index is 14.7. The number of nitrogens with one attached hydrogen (secondary N) is 9. The van der Waals surface area contributed by atoms with E-state index in [4.69, 9.17) is 15.2 Å². The van der Waals surface area contributed by atoms with Crippen molar-refractivity contribution in [2.24, 2.45) is 17.6 Å². The summed E-state index contributed by atoms with van der Waals surface area (Å²) in [4.78, 5) is 142. The zero-order valence-corrected chi connectivity index (χ0v) is 45.1. The zero-order chi connectivity index (χ0) is 56.7. The number of ether oxygens (including phenoxy) is 2. The second-order valence-corrected chi connectivity index (χ2v) is 21.6. The van der Waals surface area contributed by atoms with Gasteiger partial charge in [-0.1, -0.05) is 40.0 Å². The van der Waals surface area contributed by atoms with E-state index in [2.05, 4.69) is 47.5 Å². The third kappa shape index (κ3) is 17.7. The molecule has 0 radical (unpaired) electrons. The van der Waals surface area contributed by atoms with E-state index in [-0.39, 0.29) is 18.6 Å². The quantitative estimate of drug-likeness (QED) is 0.0844. The van der Waals surface area contributed by atoms with Crippen molar-refractivity contribution in [2.45, 2.75) is 152 Å². The number of nitrogens with zero attached hydrogens (tertiary/aromatic N) is 1. The van der Waals surface area contributed by atoms with Crippen molar-refractivity contribution in [1.29, 1.82) is 0 Å². The third-order valence-corrected chi connectivity index (χ3v) is 14.5. The minimum absolute atomic E-state index is 0.305. The Kier molecular flexibility index (Phi) is 22.3. The summed E-state index contributed by atoms with van der Waals surface area (Å²) in [5.41, 5.74) is 5.82. The van der Waals surface area contributed by atoms with Gasteiger partial charge in [0.15, 0.2) is 0 Å². The molecule has 2 aromatic rings. The number of carbonyl (C=O) groups is 10. The van der Waals surface area contributed by atoms with Crippen LogP contribution in [-0.4, -0.2) is 184 Å². The molecule has 1 saturated heterocycles. The van der Waals surface area contributed by atoms with Gasteiger partial charge in [-0.3, -0.25) is 43.2 Å². The van der Waals surface area contributed by atoms with Gasteiger partial charge >= 0.3 is 6.09 Å². The largest absolute Gasteiger partial charge is 0.494 e. The molecular formula is C50H75N11O15S. The van der Waals surface area contributed by atoms with Crippen molar-refractivity contribution < 1.29 is 72.7 Å². The summed E-state index contributed by atoms with van der Waals surface area (Å²) < 4.78 is 11.4. The van der Waals surface area contributed by atoms with Gasteiger partial charge in [-0.05, 0) is 57.2 Å². The Labute approximate surface area is 449 Å².